The van der Waals surface area contributed by atoms with Gasteiger partial charge in [-0.2, -0.15) is 0 Å². The van der Waals surface area contributed by atoms with Crippen molar-refractivity contribution in [3.63, 3.8) is 0 Å². The zero-order chi connectivity index (χ0) is 23.9. The number of benzene rings is 3. The van der Waals surface area contributed by atoms with Gasteiger partial charge in [0.15, 0.2) is 0 Å². The van der Waals surface area contributed by atoms with Crippen LogP contribution in [0.25, 0.3) is 23.2 Å². The molecule has 0 aliphatic rings. The number of hydrogen-bond donors (Lipinski definition) is 0. The highest BCUT2D eigenvalue weighted by Crippen LogP contribution is 2.27. The molecule has 0 N–H and O–H groups in total. The van der Waals surface area contributed by atoms with Crippen molar-refractivity contribution in [3.05, 3.63) is 95.3 Å². The summed E-state index contributed by atoms with van der Waals surface area (Å²) in [4.78, 5) is 20.4. The predicted octanol–water partition coefficient (Wildman–Crippen LogP) is 6.10. The van der Waals surface area contributed by atoms with Gasteiger partial charge in [0.25, 0.3) is 0 Å². The number of rotatable bonds is 9. The lowest BCUT2D eigenvalue weighted by molar-refractivity contribution is -0.120. The largest absolute Gasteiger partial charge is 0.361 e. The van der Waals surface area contributed by atoms with Crippen molar-refractivity contribution < 1.29 is 9.53 Å². The van der Waals surface area contributed by atoms with Crippen molar-refractivity contribution in [2.75, 3.05) is 18.2 Å². The van der Waals surface area contributed by atoms with E-state index in [0.717, 1.165) is 45.7 Å². The number of aromatic nitrogens is 2. The summed E-state index contributed by atoms with van der Waals surface area (Å²) >= 11 is 0. The standard InChI is InChI=1S/C29H31N3O2/c1-4-24-15-11-12-22(3)29(24)32(21-34-5-2)28(33)20-31-26-17-10-9-16-25(26)30-27(31)19-18-23-13-7-6-8-14-23/h6-19H,4-5,20-21H2,1-3H3/b19-18+. The maximum Gasteiger partial charge on any atom is 0.248 e. The number of carbonyl (C=O) groups is 1. The number of aryl methyl sites for hydroxylation is 2. The number of fused-ring (bicyclic) bond motifs is 1. The first kappa shape index (κ1) is 23.5. The number of anilines is 1. The molecule has 3 aromatic carbocycles. The maximum atomic E-state index is 13.8. The molecule has 1 aromatic heterocycles. The molecule has 0 unspecified atom stereocenters. The van der Waals surface area contributed by atoms with Gasteiger partial charge < -0.3 is 9.30 Å². The van der Waals surface area contributed by atoms with Crippen LogP contribution in [0.4, 0.5) is 5.69 Å². The first-order chi connectivity index (χ1) is 16.6. The van der Waals surface area contributed by atoms with Gasteiger partial charge in [-0.1, -0.05) is 73.7 Å². The average Bonchev–Trinajstić information content (AvgIpc) is 3.21. The van der Waals surface area contributed by atoms with E-state index in [0.29, 0.717) is 6.61 Å². The Balaban J connectivity index is 1.73. The lowest BCUT2D eigenvalue weighted by atomic mass is 10.0. The van der Waals surface area contributed by atoms with Gasteiger partial charge >= 0.3 is 0 Å². The fourth-order valence-electron chi connectivity index (χ4n) is 4.18. The molecule has 34 heavy (non-hydrogen) atoms. The molecular weight excluding hydrogens is 422 g/mol. The number of ether oxygens (including phenoxy) is 1. The summed E-state index contributed by atoms with van der Waals surface area (Å²) in [6.45, 7) is 7.01. The van der Waals surface area contributed by atoms with Crippen molar-refractivity contribution in [2.24, 2.45) is 0 Å². The summed E-state index contributed by atoms with van der Waals surface area (Å²) in [5.41, 5.74) is 6.01. The van der Waals surface area contributed by atoms with Crippen LogP contribution in [0.3, 0.4) is 0 Å². The SMILES string of the molecule is CCOCN(C(=O)Cn1c(/C=C/c2ccccc2)nc2ccccc21)c1c(C)cccc1CC. The monoisotopic (exact) mass is 453 g/mol. The summed E-state index contributed by atoms with van der Waals surface area (Å²) in [6.07, 6.45) is 4.84. The second-order valence-corrected chi connectivity index (χ2v) is 8.17. The Morgan fingerprint density at radius 1 is 0.971 bits per heavy atom. The normalized spacial score (nSPS) is 11.4. The highest BCUT2D eigenvalue weighted by atomic mass is 16.5. The topological polar surface area (TPSA) is 47.4 Å². The summed E-state index contributed by atoms with van der Waals surface area (Å²) in [5, 5.41) is 0. The maximum absolute atomic E-state index is 13.8. The van der Waals surface area contributed by atoms with Crippen LogP contribution in [0.2, 0.25) is 0 Å². The molecule has 0 radical (unpaired) electrons. The van der Waals surface area contributed by atoms with Crippen LogP contribution in [0, 0.1) is 6.92 Å². The number of carbonyl (C=O) groups excluding carboxylic acids is 1. The Morgan fingerprint density at radius 3 is 2.50 bits per heavy atom. The minimum Gasteiger partial charge on any atom is -0.361 e. The minimum absolute atomic E-state index is 0.0324. The molecule has 0 fully saturated rings. The lowest BCUT2D eigenvalue weighted by Crippen LogP contribution is -2.37. The van der Waals surface area contributed by atoms with Crippen LogP contribution < -0.4 is 4.90 Å². The van der Waals surface area contributed by atoms with Crippen LogP contribution >= 0.6 is 0 Å². The third kappa shape index (κ3) is 5.10. The summed E-state index contributed by atoms with van der Waals surface area (Å²) < 4.78 is 7.72. The van der Waals surface area contributed by atoms with E-state index < -0.39 is 0 Å². The predicted molar refractivity (Wildman–Crippen MR) is 140 cm³/mol. The van der Waals surface area contributed by atoms with Crippen molar-refractivity contribution in [3.8, 4) is 0 Å². The van der Waals surface area contributed by atoms with E-state index in [2.05, 4.69) is 13.0 Å². The Hall–Kier alpha value is -3.70. The highest BCUT2D eigenvalue weighted by molar-refractivity contribution is 5.96. The fraction of sp³-hybridized carbons (Fsp3) is 0.241. The third-order valence-corrected chi connectivity index (χ3v) is 5.90. The Labute approximate surface area is 201 Å². The van der Waals surface area contributed by atoms with Crippen LogP contribution in [0.1, 0.15) is 36.4 Å². The van der Waals surface area contributed by atoms with E-state index in [9.17, 15) is 4.79 Å². The number of imidazole rings is 1. The van der Waals surface area contributed by atoms with Gasteiger partial charge in [-0.15, -0.1) is 0 Å². The van der Waals surface area contributed by atoms with Gasteiger partial charge in [-0.05, 0) is 55.2 Å². The number of para-hydroxylation sites is 3. The smallest absolute Gasteiger partial charge is 0.248 e. The summed E-state index contributed by atoms with van der Waals surface area (Å²) in [7, 11) is 0. The molecule has 0 aliphatic heterocycles. The van der Waals surface area contributed by atoms with Crippen molar-refractivity contribution in [1.29, 1.82) is 0 Å². The van der Waals surface area contributed by atoms with Crippen LogP contribution in [0.5, 0.6) is 0 Å². The minimum atomic E-state index is -0.0324. The molecule has 0 saturated heterocycles. The Morgan fingerprint density at radius 2 is 1.74 bits per heavy atom. The average molecular weight is 454 g/mol. The quantitative estimate of drug-likeness (QED) is 0.288. The van der Waals surface area contributed by atoms with Gasteiger partial charge in [-0.25, -0.2) is 4.98 Å². The third-order valence-electron chi connectivity index (χ3n) is 5.90. The molecule has 1 heterocycles. The molecule has 4 aromatic rings. The fourth-order valence-corrected chi connectivity index (χ4v) is 4.18. The Bertz CT molecular complexity index is 1290. The van der Waals surface area contributed by atoms with Crippen molar-refractivity contribution >= 4 is 34.8 Å². The number of hydrogen-bond acceptors (Lipinski definition) is 3. The first-order valence-corrected chi connectivity index (χ1v) is 11.8. The van der Waals surface area contributed by atoms with E-state index in [4.69, 9.17) is 9.72 Å². The van der Waals surface area contributed by atoms with Crippen LogP contribution in [-0.4, -0.2) is 28.8 Å². The molecule has 0 atom stereocenters. The van der Waals surface area contributed by atoms with Crippen molar-refractivity contribution in [1.82, 2.24) is 9.55 Å². The van der Waals surface area contributed by atoms with E-state index in [1.165, 1.54) is 0 Å². The molecule has 0 aliphatic carbocycles. The molecule has 4 rings (SSSR count). The molecule has 174 valence electrons. The molecule has 5 nitrogen and oxygen atoms in total. The van der Waals surface area contributed by atoms with E-state index in [1.807, 2.05) is 97.3 Å². The molecular formula is C29H31N3O2. The van der Waals surface area contributed by atoms with Gasteiger partial charge in [0.05, 0.1) is 16.7 Å². The lowest BCUT2D eigenvalue weighted by Gasteiger charge is -2.27. The first-order valence-electron chi connectivity index (χ1n) is 11.8. The number of amides is 1. The van der Waals surface area contributed by atoms with Crippen LogP contribution in [-0.2, 0) is 22.5 Å². The highest BCUT2D eigenvalue weighted by Gasteiger charge is 2.22. The molecule has 1 amide bonds. The Kier molecular flexibility index (Phi) is 7.55. The molecule has 0 saturated carbocycles. The van der Waals surface area contributed by atoms with Crippen molar-refractivity contribution in [2.45, 2.75) is 33.7 Å². The second-order valence-electron chi connectivity index (χ2n) is 8.17. The van der Waals surface area contributed by atoms with Gasteiger partial charge in [0.2, 0.25) is 5.91 Å². The van der Waals surface area contributed by atoms with Gasteiger partial charge in [-0.3, -0.25) is 9.69 Å². The summed E-state index contributed by atoms with van der Waals surface area (Å²) in [5.74, 6) is 0.713. The van der Waals surface area contributed by atoms with E-state index in [1.54, 1.807) is 4.90 Å². The van der Waals surface area contributed by atoms with E-state index in [-0.39, 0.29) is 19.2 Å². The molecule has 0 spiro atoms. The van der Waals surface area contributed by atoms with Crippen LogP contribution in [0.15, 0.2) is 72.8 Å². The van der Waals surface area contributed by atoms with Gasteiger partial charge in [0, 0.05) is 6.61 Å². The van der Waals surface area contributed by atoms with E-state index >= 15 is 0 Å². The zero-order valence-electron chi connectivity index (χ0n) is 20.1. The summed E-state index contributed by atoms with van der Waals surface area (Å²) in [6, 6.07) is 24.2. The van der Waals surface area contributed by atoms with Gasteiger partial charge in [0.1, 0.15) is 19.1 Å². The molecule has 5 heteroatoms. The molecule has 0 bridgehead atoms. The zero-order valence-corrected chi connectivity index (χ0v) is 20.1. The second kappa shape index (κ2) is 10.9. The number of nitrogens with zero attached hydrogens (tertiary/aromatic N) is 3.